The molecule has 4 heterocycles. The number of aromatic nitrogens is 1. The summed E-state index contributed by atoms with van der Waals surface area (Å²) in [5.41, 5.74) is 16.6. The van der Waals surface area contributed by atoms with E-state index in [1.807, 2.05) is 11.3 Å². The van der Waals surface area contributed by atoms with E-state index in [-0.39, 0.29) is 5.92 Å². The number of pyridine rings is 1. The lowest BCUT2D eigenvalue weighted by molar-refractivity contribution is 0.504. The van der Waals surface area contributed by atoms with Crippen molar-refractivity contribution in [1.82, 2.24) is 4.98 Å². The van der Waals surface area contributed by atoms with Crippen LogP contribution in [-0.4, -0.2) is 10.7 Å². The number of nitrogens with zero attached hydrogens (tertiary/aromatic N) is 2. The van der Waals surface area contributed by atoms with Gasteiger partial charge in [0.05, 0.1) is 27.3 Å². The Hall–Kier alpha value is -7.40. The van der Waals surface area contributed by atoms with E-state index in [1.165, 1.54) is 58.8 Å². The van der Waals surface area contributed by atoms with Crippen LogP contribution in [0.4, 0.5) is 0 Å². The normalized spacial score (nSPS) is 16.2. The third-order valence-corrected chi connectivity index (χ3v) is 14.4. The standard InChI is InChI=1S/C60H44N2OS/c1-3-38-35-51(42-16-6-4-7-17-42)61-52(43-18-8-5-9-19-43)36-50(38)41-31-33-44(34-32-41)57-60-56(47-20-10-11-26-54(47)64-60)48-23-13-22-46(58(48)62-57)40-29-27-39(28-30-40)45-21-14-25-53-55(45)49-24-12-15-37(2)59(49)63-53/h4-14,16-38H,3,15H2,1-2H3. The number of allylic oxidation sites excluding steroid dienone is 4. The molecule has 10 aromatic rings. The molecule has 1 aliphatic heterocycles. The van der Waals surface area contributed by atoms with Crippen LogP contribution in [0.15, 0.2) is 197 Å². The molecule has 64 heavy (non-hydrogen) atoms. The zero-order chi connectivity index (χ0) is 42.7. The average Bonchev–Trinajstić information content (AvgIpc) is 3.88. The highest BCUT2D eigenvalue weighted by Crippen LogP contribution is 2.46. The Morgan fingerprint density at radius 3 is 2.05 bits per heavy atom. The minimum atomic E-state index is 0.187. The van der Waals surface area contributed by atoms with Crippen molar-refractivity contribution in [3.05, 3.63) is 216 Å². The fourth-order valence-corrected chi connectivity index (χ4v) is 11.2. The van der Waals surface area contributed by atoms with E-state index in [4.69, 9.17) is 14.4 Å². The highest BCUT2D eigenvalue weighted by molar-refractivity contribution is 7.26. The smallest absolute Gasteiger partial charge is 0.135 e. The van der Waals surface area contributed by atoms with Crippen molar-refractivity contribution in [1.29, 1.82) is 0 Å². The minimum Gasteiger partial charge on any atom is -0.460 e. The molecule has 3 aromatic heterocycles. The quantitative estimate of drug-likeness (QED) is 0.160. The van der Waals surface area contributed by atoms with Crippen LogP contribution in [0.5, 0.6) is 0 Å². The molecule has 4 heteroatoms. The molecule has 3 nitrogen and oxygen atoms in total. The monoisotopic (exact) mass is 840 g/mol. The first-order valence-electron chi connectivity index (χ1n) is 22.4. The van der Waals surface area contributed by atoms with Crippen molar-refractivity contribution in [2.24, 2.45) is 10.9 Å². The molecule has 0 radical (unpaired) electrons. The summed E-state index contributed by atoms with van der Waals surface area (Å²) < 4.78 is 8.91. The van der Waals surface area contributed by atoms with Gasteiger partial charge in [0.25, 0.3) is 0 Å². The van der Waals surface area contributed by atoms with E-state index in [1.54, 1.807) is 0 Å². The van der Waals surface area contributed by atoms with Crippen LogP contribution in [-0.2, 0) is 0 Å². The first-order valence-corrected chi connectivity index (χ1v) is 23.2. The van der Waals surface area contributed by atoms with Gasteiger partial charge in [-0.25, -0.2) is 9.98 Å². The number of furan rings is 1. The van der Waals surface area contributed by atoms with E-state index in [9.17, 15) is 0 Å². The second-order valence-corrected chi connectivity index (χ2v) is 18.2. The Morgan fingerprint density at radius 2 is 1.27 bits per heavy atom. The number of hydrogen-bond acceptors (Lipinski definition) is 4. The van der Waals surface area contributed by atoms with Crippen molar-refractivity contribution in [3.8, 4) is 33.5 Å². The number of aliphatic imine (C=N–C) groups is 1. The highest BCUT2D eigenvalue weighted by atomic mass is 32.1. The van der Waals surface area contributed by atoms with E-state index >= 15 is 0 Å². The Balaban J connectivity index is 0.974. The van der Waals surface area contributed by atoms with Gasteiger partial charge in [0.15, 0.2) is 0 Å². The number of para-hydroxylation sites is 1. The molecule has 12 rings (SSSR count). The third-order valence-electron chi connectivity index (χ3n) is 13.2. The van der Waals surface area contributed by atoms with Crippen molar-refractivity contribution in [2.75, 3.05) is 0 Å². The van der Waals surface area contributed by atoms with E-state index in [0.717, 1.165) is 74.6 Å². The van der Waals surface area contributed by atoms with Crippen molar-refractivity contribution < 1.29 is 4.42 Å². The van der Waals surface area contributed by atoms with Crippen molar-refractivity contribution in [2.45, 2.75) is 32.6 Å². The Kier molecular flexibility index (Phi) is 9.42. The number of benzene rings is 7. The van der Waals surface area contributed by atoms with Gasteiger partial charge >= 0.3 is 0 Å². The molecule has 0 fully saturated rings. The predicted molar refractivity (Wildman–Crippen MR) is 272 cm³/mol. The van der Waals surface area contributed by atoms with E-state index in [2.05, 4.69) is 208 Å². The summed E-state index contributed by atoms with van der Waals surface area (Å²) >= 11 is 1.84. The lowest BCUT2D eigenvalue weighted by atomic mass is 9.87. The molecule has 0 spiro atoms. The van der Waals surface area contributed by atoms with Gasteiger partial charge in [-0.3, -0.25) is 0 Å². The lowest BCUT2D eigenvalue weighted by Gasteiger charge is -2.17. The van der Waals surface area contributed by atoms with Crippen LogP contribution in [0.1, 0.15) is 60.6 Å². The van der Waals surface area contributed by atoms with Gasteiger partial charge in [-0.1, -0.05) is 190 Å². The molecule has 0 saturated heterocycles. The molecule has 0 bridgehead atoms. The predicted octanol–water partition coefficient (Wildman–Crippen LogP) is 16.8. The number of hydrogen-bond donors (Lipinski definition) is 0. The summed E-state index contributed by atoms with van der Waals surface area (Å²) in [4.78, 5) is 11.0. The average molecular weight is 841 g/mol. The molecule has 1 aliphatic carbocycles. The fraction of sp³-hybridized carbons (Fsp3) is 0.100. The van der Waals surface area contributed by atoms with Crippen LogP contribution in [0.25, 0.3) is 92.9 Å². The van der Waals surface area contributed by atoms with Gasteiger partial charge < -0.3 is 4.42 Å². The van der Waals surface area contributed by atoms with Gasteiger partial charge in [-0.2, -0.15) is 0 Å². The zero-order valence-electron chi connectivity index (χ0n) is 35.8. The zero-order valence-corrected chi connectivity index (χ0v) is 36.6. The Morgan fingerprint density at radius 1 is 0.609 bits per heavy atom. The summed E-state index contributed by atoms with van der Waals surface area (Å²) in [6.45, 7) is 4.52. The van der Waals surface area contributed by atoms with Gasteiger partial charge in [0.2, 0.25) is 0 Å². The number of thiophene rings is 1. The van der Waals surface area contributed by atoms with Crippen molar-refractivity contribution >= 4 is 76.4 Å². The van der Waals surface area contributed by atoms with E-state index in [0.29, 0.717) is 5.92 Å². The maximum atomic E-state index is 6.44. The summed E-state index contributed by atoms with van der Waals surface area (Å²) in [5, 5.41) is 4.90. The summed E-state index contributed by atoms with van der Waals surface area (Å²) in [7, 11) is 0. The van der Waals surface area contributed by atoms with E-state index < -0.39 is 0 Å². The van der Waals surface area contributed by atoms with Crippen LogP contribution >= 0.6 is 11.3 Å². The Labute approximate surface area is 377 Å². The summed E-state index contributed by atoms with van der Waals surface area (Å²) in [6, 6.07) is 61.2. The first kappa shape index (κ1) is 38.3. The maximum absolute atomic E-state index is 6.44. The van der Waals surface area contributed by atoms with Gasteiger partial charge in [0, 0.05) is 60.3 Å². The molecule has 2 atom stereocenters. The second kappa shape index (κ2) is 15.7. The largest absolute Gasteiger partial charge is 0.460 e. The maximum Gasteiger partial charge on any atom is 0.135 e. The first-order chi connectivity index (χ1) is 31.6. The molecule has 2 aliphatic rings. The number of fused-ring (bicyclic) bond motifs is 8. The molecule has 2 unspecified atom stereocenters. The van der Waals surface area contributed by atoms with Gasteiger partial charge in [-0.15, -0.1) is 11.3 Å². The number of rotatable bonds is 7. The van der Waals surface area contributed by atoms with Gasteiger partial charge in [-0.05, 0) is 64.4 Å². The molecule has 306 valence electrons. The van der Waals surface area contributed by atoms with Crippen LogP contribution < -0.4 is 0 Å². The molecule has 0 N–H and O–H groups in total. The third kappa shape index (κ3) is 6.48. The summed E-state index contributed by atoms with van der Waals surface area (Å²) in [6.07, 6.45) is 11.1. The van der Waals surface area contributed by atoms with Crippen LogP contribution in [0.2, 0.25) is 0 Å². The van der Waals surface area contributed by atoms with Crippen LogP contribution in [0, 0.1) is 5.92 Å². The molecule has 0 saturated carbocycles. The molecule has 7 aromatic carbocycles. The topological polar surface area (TPSA) is 38.4 Å². The van der Waals surface area contributed by atoms with Crippen molar-refractivity contribution in [3.63, 3.8) is 0 Å². The second-order valence-electron chi connectivity index (χ2n) is 17.1. The lowest BCUT2D eigenvalue weighted by Crippen LogP contribution is -2.02. The molecular weight excluding hydrogens is 797 g/mol. The Bertz CT molecular complexity index is 3550. The SMILES string of the molecule is CCC1C=C(c2ccccc2)N=C(c2ccccc2)C=C1c1ccc(-c2nc3c(-c4ccc(-c5cccc6oc7c(c56)C=CCC7C)cc4)cccc3c3c2sc2ccccc23)cc1. The fourth-order valence-electron chi connectivity index (χ4n) is 9.94. The van der Waals surface area contributed by atoms with Crippen LogP contribution in [0.3, 0.4) is 0 Å². The minimum absolute atomic E-state index is 0.187. The highest BCUT2D eigenvalue weighted by Gasteiger charge is 2.24. The van der Waals surface area contributed by atoms with Gasteiger partial charge in [0.1, 0.15) is 11.3 Å². The molecule has 0 amide bonds. The summed E-state index contributed by atoms with van der Waals surface area (Å²) in [5.74, 6) is 1.65. The molecular formula is C60H44N2OS.